The molecule has 104 valence electrons. The fraction of sp³-hybridized carbons (Fsp3) is 0.333. The van der Waals surface area contributed by atoms with Crippen molar-refractivity contribution in [1.29, 1.82) is 0 Å². The predicted octanol–water partition coefficient (Wildman–Crippen LogP) is 0.610. The van der Waals surface area contributed by atoms with Gasteiger partial charge in [0.2, 0.25) is 0 Å². The molecule has 0 aromatic carbocycles. The summed E-state index contributed by atoms with van der Waals surface area (Å²) in [6.07, 6.45) is 1.92. The SMILES string of the molecule is C=CCC(C(=O)O)C(=O)OC(=O)C(CC=C)C(=O)O. The number of esters is 2. The van der Waals surface area contributed by atoms with E-state index in [1.54, 1.807) is 0 Å². The number of carbonyl (C=O) groups is 4. The Morgan fingerprint density at radius 2 is 1.21 bits per heavy atom. The van der Waals surface area contributed by atoms with Gasteiger partial charge < -0.3 is 14.9 Å². The van der Waals surface area contributed by atoms with E-state index in [4.69, 9.17) is 10.2 Å². The normalized spacial score (nSPS) is 12.8. The molecule has 0 spiro atoms. The Morgan fingerprint density at radius 3 is 1.42 bits per heavy atom. The van der Waals surface area contributed by atoms with Crippen LogP contribution in [0, 0.1) is 11.8 Å². The second-order valence-corrected chi connectivity index (χ2v) is 3.57. The third-order valence-corrected chi connectivity index (χ3v) is 2.17. The number of carboxylic acid groups (broad SMARTS) is 2. The van der Waals surface area contributed by atoms with Crippen molar-refractivity contribution in [2.24, 2.45) is 11.8 Å². The molecule has 0 saturated carbocycles. The number of rotatable bonds is 8. The van der Waals surface area contributed by atoms with Gasteiger partial charge in [0.05, 0.1) is 0 Å². The van der Waals surface area contributed by atoms with Gasteiger partial charge in [-0.25, -0.2) is 0 Å². The second kappa shape index (κ2) is 7.80. The molecule has 7 nitrogen and oxygen atoms in total. The third kappa shape index (κ3) is 5.15. The highest BCUT2D eigenvalue weighted by Gasteiger charge is 2.33. The van der Waals surface area contributed by atoms with Crippen LogP contribution in [0.5, 0.6) is 0 Å². The van der Waals surface area contributed by atoms with Crippen LogP contribution >= 0.6 is 0 Å². The molecule has 0 saturated heterocycles. The van der Waals surface area contributed by atoms with Gasteiger partial charge in [0.25, 0.3) is 0 Å². The number of ether oxygens (including phenoxy) is 1. The van der Waals surface area contributed by atoms with Crippen molar-refractivity contribution in [2.45, 2.75) is 12.8 Å². The molecule has 2 N–H and O–H groups in total. The lowest BCUT2D eigenvalue weighted by molar-refractivity contribution is -0.170. The molecule has 2 atom stereocenters. The minimum absolute atomic E-state index is 0.222. The maximum Gasteiger partial charge on any atom is 0.328 e. The van der Waals surface area contributed by atoms with Gasteiger partial charge in [-0.3, -0.25) is 19.2 Å². The molecule has 0 aliphatic rings. The average Bonchev–Trinajstić information content (AvgIpc) is 2.31. The molecule has 0 fully saturated rings. The van der Waals surface area contributed by atoms with Gasteiger partial charge in [-0.15, -0.1) is 13.2 Å². The second-order valence-electron chi connectivity index (χ2n) is 3.57. The lowest BCUT2D eigenvalue weighted by Gasteiger charge is -2.12. The summed E-state index contributed by atoms with van der Waals surface area (Å²) >= 11 is 0. The first-order chi connectivity index (χ1) is 8.84. The van der Waals surface area contributed by atoms with Crippen LogP contribution in [0.2, 0.25) is 0 Å². The van der Waals surface area contributed by atoms with E-state index in [-0.39, 0.29) is 12.8 Å². The summed E-state index contributed by atoms with van der Waals surface area (Å²) in [7, 11) is 0. The van der Waals surface area contributed by atoms with Crippen molar-refractivity contribution in [3.05, 3.63) is 25.3 Å². The highest BCUT2D eigenvalue weighted by atomic mass is 16.6. The quantitative estimate of drug-likeness (QED) is 0.377. The molecule has 0 rings (SSSR count). The van der Waals surface area contributed by atoms with E-state index < -0.39 is 35.7 Å². The van der Waals surface area contributed by atoms with E-state index in [0.29, 0.717) is 0 Å². The zero-order chi connectivity index (χ0) is 15.0. The molecule has 7 heteroatoms. The zero-order valence-corrected chi connectivity index (χ0v) is 10.1. The molecule has 0 aromatic rings. The van der Waals surface area contributed by atoms with E-state index in [1.165, 1.54) is 12.2 Å². The van der Waals surface area contributed by atoms with Crippen molar-refractivity contribution < 1.29 is 34.1 Å². The molecule has 0 heterocycles. The molecule has 0 radical (unpaired) electrons. The minimum atomic E-state index is -1.58. The molecule has 0 amide bonds. The topological polar surface area (TPSA) is 118 Å². The van der Waals surface area contributed by atoms with Crippen molar-refractivity contribution in [1.82, 2.24) is 0 Å². The van der Waals surface area contributed by atoms with Crippen LogP contribution < -0.4 is 0 Å². The van der Waals surface area contributed by atoms with E-state index in [9.17, 15) is 19.2 Å². The van der Waals surface area contributed by atoms with Crippen molar-refractivity contribution in [2.75, 3.05) is 0 Å². The fourth-order valence-electron chi connectivity index (χ4n) is 1.17. The summed E-state index contributed by atoms with van der Waals surface area (Å²) in [5, 5.41) is 17.5. The average molecular weight is 270 g/mol. The summed E-state index contributed by atoms with van der Waals surface area (Å²) in [4.78, 5) is 44.4. The smallest absolute Gasteiger partial charge is 0.328 e. The van der Waals surface area contributed by atoms with Gasteiger partial charge >= 0.3 is 23.9 Å². The van der Waals surface area contributed by atoms with Gasteiger partial charge in [-0.05, 0) is 12.8 Å². The van der Waals surface area contributed by atoms with Gasteiger partial charge in [0.1, 0.15) is 0 Å². The molecule has 0 aromatic heterocycles. The van der Waals surface area contributed by atoms with Crippen molar-refractivity contribution >= 4 is 23.9 Å². The Balaban J connectivity index is 4.81. The number of carbonyl (C=O) groups excluding carboxylic acids is 2. The van der Waals surface area contributed by atoms with Crippen LogP contribution in [0.1, 0.15) is 12.8 Å². The van der Waals surface area contributed by atoms with Crippen LogP contribution in [0.25, 0.3) is 0 Å². The zero-order valence-electron chi connectivity index (χ0n) is 10.1. The van der Waals surface area contributed by atoms with Crippen LogP contribution in [0.15, 0.2) is 25.3 Å². The van der Waals surface area contributed by atoms with Crippen LogP contribution in [-0.2, 0) is 23.9 Å². The number of aliphatic carboxylic acids is 2. The molecule has 19 heavy (non-hydrogen) atoms. The summed E-state index contributed by atoms with van der Waals surface area (Å²) in [6, 6.07) is 0. The van der Waals surface area contributed by atoms with Gasteiger partial charge in [-0.1, -0.05) is 12.2 Å². The Hall–Kier alpha value is -2.44. The van der Waals surface area contributed by atoms with Gasteiger partial charge in [0, 0.05) is 0 Å². The number of hydrogen-bond donors (Lipinski definition) is 2. The third-order valence-electron chi connectivity index (χ3n) is 2.17. The lowest BCUT2D eigenvalue weighted by Crippen LogP contribution is -2.32. The fourth-order valence-corrected chi connectivity index (χ4v) is 1.17. The maximum absolute atomic E-state index is 11.4. The van der Waals surface area contributed by atoms with Gasteiger partial charge in [-0.2, -0.15) is 0 Å². The summed E-state index contributed by atoms with van der Waals surface area (Å²) in [6.45, 7) is 6.55. The Morgan fingerprint density at radius 1 is 0.895 bits per heavy atom. The monoisotopic (exact) mass is 270 g/mol. The van der Waals surface area contributed by atoms with Crippen LogP contribution in [-0.4, -0.2) is 34.1 Å². The highest BCUT2D eigenvalue weighted by Crippen LogP contribution is 2.12. The molecule has 0 aliphatic heterocycles. The summed E-state index contributed by atoms with van der Waals surface area (Å²) < 4.78 is 4.27. The first kappa shape index (κ1) is 16.6. The van der Waals surface area contributed by atoms with E-state index in [0.717, 1.165) is 0 Å². The Labute approximate surface area is 109 Å². The van der Waals surface area contributed by atoms with Gasteiger partial charge in [0.15, 0.2) is 11.8 Å². The molecular formula is C12H14O7. The Bertz CT molecular complexity index is 372. The van der Waals surface area contributed by atoms with Crippen LogP contribution in [0.4, 0.5) is 0 Å². The van der Waals surface area contributed by atoms with E-state index in [2.05, 4.69) is 17.9 Å². The number of hydrogen-bond acceptors (Lipinski definition) is 5. The highest BCUT2D eigenvalue weighted by molar-refractivity contribution is 6.03. The van der Waals surface area contributed by atoms with E-state index >= 15 is 0 Å². The molecular weight excluding hydrogens is 256 g/mol. The molecule has 0 bridgehead atoms. The van der Waals surface area contributed by atoms with Crippen LogP contribution in [0.3, 0.4) is 0 Å². The predicted molar refractivity (Wildman–Crippen MR) is 63.0 cm³/mol. The largest absolute Gasteiger partial charge is 0.481 e. The first-order valence-electron chi connectivity index (χ1n) is 5.28. The number of carboxylic acids is 2. The number of allylic oxidation sites excluding steroid dienone is 2. The Kier molecular flexibility index (Phi) is 6.80. The standard InChI is InChI=1S/C12H14O7/c1-3-5-7(9(13)14)11(17)19-12(18)8(6-4-2)10(15)16/h3-4,7-8H,1-2,5-6H2,(H,13,14)(H,15,16). The molecule has 0 aliphatic carbocycles. The maximum atomic E-state index is 11.4. The first-order valence-corrected chi connectivity index (χ1v) is 5.28. The summed E-state index contributed by atoms with van der Waals surface area (Å²) in [5.74, 6) is -8.75. The molecule has 2 unspecified atom stereocenters. The van der Waals surface area contributed by atoms with Crippen molar-refractivity contribution in [3.8, 4) is 0 Å². The lowest BCUT2D eigenvalue weighted by atomic mass is 10.1. The van der Waals surface area contributed by atoms with E-state index in [1.807, 2.05) is 0 Å². The minimum Gasteiger partial charge on any atom is -0.481 e. The summed E-state index contributed by atoms with van der Waals surface area (Å²) in [5.41, 5.74) is 0. The van der Waals surface area contributed by atoms with Crippen molar-refractivity contribution in [3.63, 3.8) is 0 Å².